The highest BCUT2D eigenvalue weighted by molar-refractivity contribution is 5.88. The van der Waals surface area contributed by atoms with Gasteiger partial charge in [0.15, 0.2) is 0 Å². The summed E-state index contributed by atoms with van der Waals surface area (Å²) in [6.07, 6.45) is 0.592. The second-order valence-corrected chi connectivity index (χ2v) is 5.98. The number of hydrogen-bond donors (Lipinski definition) is 2. The first-order valence-corrected chi connectivity index (χ1v) is 7.48. The number of H-pyrrole nitrogens is 1. The molecule has 1 atom stereocenters. The third-order valence-corrected chi connectivity index (χ3v) is 4.45. The van der Waals surface area contributed by atoms with E-state index in [1.165, 1.54) is 7.11 Å². The fourth-order valence-corrected chi connectivity index (χ4v) is 3.13. The van der Waals surface area contributed by atoms with E-state index in [1.807, 2.05) is 24.3 Å². The summed E-state index contributed by atoms with van der Waals surface area (Å²) in [7, 11) is 1.48. The number of carbonyl (C=O) groups excluding carboxylic acids is 1. The molecule has 0 aliphatic carbocycles. The lowest BCUT2D eigenvalue weighted by Gasteiger charge is -2.23. The van der Waals surface area contributed by atoms with Crippen LogP contribution in [0.2, 0.25) is 0 Å². The minimum atomic E-state index is -1.000. The number of aromatic amines is 1. The maximum Gasteiger partial charge on any atom is 0.313 e. The van der Waals surface area contributed by atoms with Crippen LogP contribution < -0.4 is 0 Å². The van der Waals surface area contributed by atoms with Crippen molar-refractivity contribution >= 4 is 22.8 Å². The van der Waals surface area contributed by atoms with Gasteiger partial charge in [-0.3, -0.25) is 14.7 Å². The van der Waals surface area contributed by atoms with E-state index in [4.69, 9.17) is 4.74 Å². The van der Waals surface area contributed by atoms with Crippen molar-refractivity contribution in [2.75, 3.05) is 26.8 Å². The number of likely N-dealkylation sites (tertiary alicyclic amines) is 1. The SMILES string of the molecule is COCC1(C(=O)O)CCN(C(=O)Cc2[nH]nc3ccccc23)C1. The molecule has 7 nitrogen and oxygen atoms in total. The van der Waals surface area contributed by atoms with E-state index in [0.717, 1.165) is 16.6 Å². The topological polar surface area (TPSA) is 95.5 Å². The maximum absolute atomic E-state index is 12.5. The summed E-state index contributed by atoms with van der Waals surface area (Å²) < 4.78 is 5.05. The standard InChI is InChI=1S/C16H19N3O4/c1-23-10-16(15(21)22)6-7-19(9-16)14(20)8-13-11-4-2-3-5-12(11)17-18-13/h2-5H,6-10H2,1H3,(H,17,18)(H,21,22). The van der Waals surface area contributed by atoms with Crippen LogP contribution in [-0.2, 0) is 20.7 Å². The molecule has 3 rings (SSSR count). The highest BCUT2D eigenvalue weighted by Gasteiger charge is 2.46. The quantitative estimate of drug-likeness (QED) is 0.859. The van der Waals surface area contributed by atoms with Crippen molar-refractivity contribution in [3.05, 3.63) is 30.0 Å². The molecule has 0 bridgehead atoms. The number of aromatic nitrogens is 2. The van der Waals surface area contributed by atoms with E-state index in [9.17, 15) is 14.7 Å². The van der Waals surface area contributed by atoms with E-state index in [-0.39, 0.29) is 25.5 Å². The van der Waals surface area contributed by atoms with E-state index in [2.05, 4.69) is 10.2 Å². The van der Waals surface area contributed by atoms with Gasteiger partial charge in [0.2, 0.25) is 5.91 Å². The van der Waals surface area contributed by atoms with E-state index in [0.29, 0.717) is 13.0 Å². The van der Waals surface area contributed by atoms with E-state index < -0.39 is 11.4 Å². The zero-order valence-electron chi connectivity index (χ0n) is 12.9. The van der Waals surface area contributed by atoms with Gasteiger partial charge in [-0.2, -0.15) is 5.10 Å². The van der Waals surface area contributed by atoms with Crippen LogP contribution in [0.5, 0.6) is 0 Å². The van der Waals surface area contributed by atoms with Crippen molar-refractivity contribution in [2.45, 2.75) is 12.8 Å². The largest absolute Gasteiger partial charge is 0.481 e. The molecule has 2 N–H and O–H groups in total. The number of amides is 1. The number of ether oxygens (including phenoxy) is 1. The highest BCUT2D eigenvalue weighted by atomic mass is 16.5. The third kappa shape index (κ3) is 2.79. The van der Waals surface area contributed by atoms with Gasteiger partial charge in [-0.15, -0.1) is 0 Å². The number of benzene rings is 1. The Bertz CT molecular complexity index is 742. The molecule has 1 saturated heterocycles. The van der Waals surface area contributed by atoms with Gasteiger partial charge in [0.1, 0.15) is 5.41 Å². The Hall–Kier alpha value is -2.41. The lowest BCUT2D eigenvalue weighted by molar-refractivity contribution is -0.151. The third-order valence-electron chi connectivity index (χ3n) is 4.45. The Morgan fingerprint density at radius 3 is 2.96 bits per heavy atom. The summed E-state index contributed by atoms with van der Waals surface area (Å²) in [6.45, 7) is 0.723. The number of para-hydroxylation sites is 1. The van der Waals surface area contributed by atoms with Gasteiger partial charge >= 0.3 is 5.97 Å². The number of nitrogens with zero attached hydrogens (tertiary/aromatic N) is 2. The van der Waals surface area contributed by atoms with Crippen molar-refractivity contribution in [3.8, 4) is 0 Å². The van der Waals surface area contributed by atoms with Gasteiger partial charge in [0.25, 0.3) is 0 Å². The predicted molar refractivity (Wildman–Crippen MR) is 82.9 cm³/mol. The minimum absolute atomic E-state index is 0.0985. The summed E-state index contributed by atoms with van der Waals surface area (Å²) >= 11 is 0. The Balaban J connectivity index is 1.73. The number of carboxylic acids is 1. The summed E-state index contributed by atoms with van der Waals surface area (Å²) in [5, 5.41) is 17.4. The van der Waals surface area contributed by atoms with Gasteiger partial charge in [-0.1, -0.05) is 18.2 Å². The average molecular weight is 317 g/mol. The molecule has 0 radical (unpaired) electrons. The second kappa shape index (κ2) is 6.00. The summed E-state index contributed by atoms with van der Waals surface area (Å²) in [5.74, 6) is -1.01. The Morgan fingerprint density at radius 2 is 2.22 bits per heavy atom. The molecular formula is C16H19N3O4. The van der Waals surface area contributed by atoms with Crippen molar-refractivity contribution < 1.29 is 19.4 Å². The van der Waals surface area contributed by atoms with Gasteiger partial charge in [0, 0.05) is 25.6 Å². The van der Waals surface area contributed by atoms with Crippen molar-refractivity contribution in [2.24, 2.45) is 5.41 Å². The Kier molecular flexibility index (Phi) is 4.04. The number of aliphatic carboxylic acids is 1. The zero-order chi connectivity index (χ0) is 16.4. The summed E-state index contributed by atoms with van der Waals surface area (Å²) in [5.41, 5.74) is 0.571. The lowest BCUT2D eigenvalue weighted by atomic mass is 9.88. The molecule has 1 aliphatic rings. The molecule has 0 saturated carbocycles. The van der Waals surface area contributed by atoms with Crippen molar-refractivity contribution in [1.82, 2.24) is 15.1 Å². The first-order valence-electron chi connectivity index (χ1n) is 7.48. The number of fused-ring (bicyclic) bond motifs is 1. The van der Waals surface area contributed by atoms with Crippen LogP contribution in [0.25, 0.3) is 10.9 Å². The highest BCUT2D eigenvalue weighted by Crippen LogP contribution is 2.31. The molecule has 1 aromatic carbocycles. The molecule has 7 heteroatoms. The number of hydrogen-bond acceptors (Lipinski definition) is 4. The number of carboxylic acid groups (broad SMARTS) is 1. The predicted octanol–water partition coefficient (Wildman–Crippen LogP) is 1.06. The van der Waals surface area contributed by atoms with Crippen LogP contribution in [0.15, 0.2) is 24.3 Å². The maximum atomic E-state index is 12.5. The fraction of sp³-hybridized carbons (Fsp3) is 0.438. The molecule has 1 amide bonds. The molecule has 1 aromatic heterocycles. The minimum Gasteiger partial charge on any atom is -0.481 e. The Morgan fingerprint density at radius 1 is 1.43 bits per heavy atom. The molecule has 1 aliphatic heterocycles. The first-order chi connectivity index (χ1) is 11.1. The molecule has 2 aromatic rings. The normalized spacial score (nSPS) is 21.0. The fourth-order valence-electron chi connectivity index (χ4n) is 3.13. The second-order valence-electron chi connectivity index (χ2n) is 5.98. The van der Waals surface area contributed by atoms with Crippen molar-refractivity contribution in [1.29, 1.82) is 0 Å². The molecular weight excluding hydrogens is 298 g/mol. The Labute approximate surface area is 133 Å². The van der Waals surface area contributed by atoms with Gasteiger partial charge in [-0.05, 0) is 12.5 Å². The van der Waals surface area contributed by atoms with Crippen LogP contribution in [0.1, 0.15) is 12.1 Å². The van der Waals surface area contributed by atoms with Crippen LogP contribution in [0.4, 0.5) is 0 Å². The monoisotopic (exact) mass is 317 g/mol. The van der Waals surface area contributed by atoms with Crippen LogP contribution >= 0.6 is 0 Å². The van der Waals surface area contributed by atoms with E-state index >= 15 is 0 Å². The smallest absolute Gasteiger partial charge is 0.313 e. The molecule has 1 fully saturated rings. The number of methoxy groups -OCH3 is 1. The van der Waals surface area contributed by atoms with Gasteiger partial charge < -0.3 is 14.7 Å². The lowest BCUT2D eigenvalue weighted by Crippen LogP contribution is -2.40. The zero-order valence-corrected chi connectivity index (χ0v) is 12.9. The van der Waals surface area contributed by atoms with Gasteiger partial charge in [-0.25, -0.2) is 0 Å². The number of carbonyl (C=O) groups is 2. The average Bonchev–Trinajstić information content (AvgIpc) is 3.14. The molecule has 0 spiro atoms. The van der Waals surface area contributed by atoms with Crippen LogP contribution in [0.3, 0.4) is 0 Å². The molecule has 23 heavy (non-hydrogen) atoms. The summed E-state index contributed by atoms with van der Waals surface area (Å²) in [6, 6.07) is 7.58. The van der Waals surface area contributed by atoms with Crippen molar-refractivity contribution in [3.63, 3.8) is 0 Å². The molecule has 2 heterocycles. The summed E-state index contributed by atoms with van der Waals surface area (Å²) in [4.78, 5) is 25.7. The molecule has 1 unspecified atom stereocenters. The van der Waals surface area contributed by atoms with Gasteiger partial charge in [0.05, 0.1) is 24.2 Å². The number of rotatable bonds is 5. The first kappa shape index (κ1) is 15.5. The molecule has 122 valence electrons. The van der Waals surface area contributed by atoms with Crippen LogP contribution in [0, 0.1) is 5.41 Å². The van der Waals surface area contributed by atoms with Crippen LogP contribution in [-0.4, -0.2) is 58.9 Å². The number of nitrogens with one attached hydrogen (secondary N) is 1. The van der Waals surface area contributed by atoms with E-state index in [1.54, 1.807) is 4.90 Å².